The first kappa shape index (κ1) is 20.9. The Morgan fingerprint density at radius 1 is 1.17 bits per heavy atom. The van der Waals surface area contributed by atoms with Crippen LogP contribution in [0.1, 0.15) is 37.7 Å². The number of morpholine rings is 1. The quantitative estimate of drug-likeness (QED) is 0.587. The molecule has 0 aromatic heterocycles. The van der Waals surface area contributed by atoms with Crippen LogP contribution < -0.4 is 10.1 Å². The van der Waals surface area contributed by atoms with Crippen LogP contribution in [0.15, 0.2) is 29.8 Å². The molecule has 1 aliphatic carbocycles. The molecule has 0 radical (unpaired) electrons. The van der Waals surface area contributed by atoms with E-state index in [1.165, 1.54) is 6.42 Å². The summed E-state index contributed by atoms with van der Waals surface area (Å²) < 4.78 is 10.8. The highest BCUT2D eigenvalue weighted by atomic mass is 16.5. The van der Waals surface area contributed by atoms with Crippen molar-refractivity contribution >= 4 is 17.9 Å². The van der Waals surface area contributed by atoms with Gasteiger partial charge in [0.1, 0.15) is 17.4 Å². The van der Waals surface area contributed by atoms with Crippen LogP contribution in [-0.4, -0.2) is 55.7 Å². The Hall–Kier alpha value is -2.85. The standard InChI is InChI=1S/C22H27N3O4/c23-15-18(22(27)24-19-4-2-1-3-5-19)14-17-6-8-20(9-7-17)29-16-21(26)25-10-12-28-13-11-25/h6-9,14,19H,1-5,10-13,16H2,(H,24,27)/b18-14-. The van der Waals surface area contributed by atoms with Gasteiger partial charge in [0.2, 0.25) is 0 Å². The number of nitrogens with zero attached hydrogens (tertiary/aromatic N) is 2. The topological polar surface area (TPSA) is 91.7 Å². The predicted octanol–water partition coefficient (Wildman–Crippen LogP) is 2.28. The van der Waals surface area contributed by atoms with E-state index in [9.17, 15) is 14.9 Å². The van der Waals surface area contributed by atoms with Crippen LogP contribution in [-0.2, 0) is 14.3 Å². The second-order valence-electron chi connectivity index (χ2n) is 7.33. The molecule has 1 heterocycles. The fraction of sp³-hybridized carbons (Fsp3) is 0.500. The molecule has 0 spiro atoms. The summed E-state index contributed by atoms with van der Waals surface area (Å²) in [7, 11) is 0. The van der Waals surface area contributed by atoms with Gasteiger partial charge in [-0.2, -0.15) is 5.26 Å². The lowest BCUT2D eigenvalue weighted by Gasteiger charge is -2.26. The molecular weight excluding hydrogens is 370 g/mol. The Bertz CT molecular complexity index is 770. The third-order valence-corrected chi connectivity index (χ3v) is 5.22. The normalized spacial score (nSPS) is 18.0. The van der Waals surface area contributed by atoms with Crippen molar-refractivity contribution in [3.63, 3.8) is 0 Å². The van der Waals surface area contributed by atoms with E-state index in [0.717, 1.165) is 31.2 Å². The van der Waals surface area contributed by atoms with E-state index in [1.54, 1.807) is 35.2 Å². The number of rotatable bonds is 6. The van der Waals surface area contributed by atoms with Crippen molar-refractivity contribution in [2.75, 3.05) is 32.9 Å². The maximum Gasteiger partial charge on any atom is 0.262 e. The van der Waals surface area contributed by atoms with E-state index in [1.807, 2.05) is 6.07 Å². The highest BCUT2D eigenvalue weighted by Crippen LogP contribution is 2.19. The zero-order valence-electron chi connectivity index (χ0n) is 16.6. The van der Waals surface area contributed by atoms with Crippen LogP contribution in [0.5, 0.6) is 5.75 Å². The Labute approximate surface area is 171 Å². The Balaban J connectivity index is 1.53. The van der Waals surface area contributed by atoms with Gasteiger partial charge in [-0.15, -0.1) is 0 Å². The first-order valence-corrected chi connectivity index (χ1v) is 10.2. The van der Waals surface area contributed by atoms with Crippen LogP contribution in [0, 0.1) is 11.3 Å². The van der Waals surface area contributed by atoms with Crippen LogP contribution in [0.25, 0.3) is 6.08 Å². The van der Waals surface area contributed by atoms with Crippen molar-refractivity contribution in [2.24, 2.45) is 0 Å². The van der Waals surface area contributed by atoms with Crippen molar-refractivity contribution in [1.82, 2.24) is 10.2 Å². The maximum atomic E-state index is 12.4. The van der Waals surface area contributed by atoms with Gasteiger partial charge >= 0.3 is 0 Å². The SMILES string of the molecule is N#C/C(=C/c1ccc(OCC(=O)N2CCOCC2)cc1)C(=O)NC1CCCCC1. The molecule has 29 heavy (non-hydrogen) atoms. The minimum absolute atomic E-state index is 0.0254. The van der Waals surface area contributed by atoms with Gasteiger partial charge in [-0.3, -0.25) is 9.59 Å². The summed E-state index contributed by atoms with van der Waals surface area (Å²) in [5, 5.41) is 12.3. The average molecular weight is 397 g/mol. The zero-order chi connectivity index (χ0) is 20.5. The Kier molecular flexibility index (Phi) is 7.65. The molecule has 154 valence electrons. The summed E-state index contributed by atoms with van der Waals surface area (Å²) in [5.41, 5.74) is 0.818. The molecule has 2 aliphatic rings. The molecule has 2 fully saturated rings. The summed E-state index contributed by atoms with van der Waals surface area (Å²) in [6.45, 7) is 2.27. The van der Waals surface area contributed by atoms with Gasteiger partial charge in [-0.1, -0.05) is 31.4 Å². The lowest BCUT2D eigenvalue weighted by Crippen LogP contribution is -2.42. The number of nitrogens with one attached hydrogen (secondary N) is 1. The molecular formula is C22H27N3O4. The fourth-order valence-corrected chi connectivity index (χ4v) is 3.53. The second kappa shape index (κ2) is 10.6. The summed E-state index contributed by atoms with van der Waals surface area (Å²) in [5.74, 6) is 0.174. The van der Waals surface area contributed by atoms with Gasteiger partial charge in [-0.05, 0) is 36.6 Å². The summed E-state index contributed by atoms with van der Waals surface area (Å²) >= 11 is 0. The lowest BCUT2D eigenvalue weighted by atomic mass is 9.95. The van der Waals surface area contributed by atoms with E-state index in [2.05, 4.69) is 5.32 Å². The van der Waals surface area contributed by atoms with Crippen LogP contribution >= 0.6 is 0 Å². The molecule has 1 aliphatic heterocycles. The summed E-state index contributed by atoms with van der Waals surface area (Å²) in [4.78, 5) is 26.2. The molecule has 1 saturated carbocycles. The van der Waals surface area contributed by atoms with E-state index >= 15 is 0 Å². The minimum Gasteiger partial charge on any atom is -0.484 e. The molecule has 2 amide bonds. The molecule has 0 atom stereocenters. The van der Waals surface area contributed by atoms with Gasteiger partial charge in [-0.25, -0.2) is 0 Å². The first-order valence-electron chi connectivity index (χ1n) is 10.2. The molecule has 1 saturated heterocycles. The van der Waals surface area contributed by atoms with Crippen LogP contribution in [0.3, 0.4) is 0 Å². The number of benzene rings is 1. The third kappa shape index (κ3) is 6.33. The van der Waals surface area contributed by atoms with Crippen molar-refractivity contribution in [2.45, 2.75) is 38.1 Å². The Morgan fingerprint density at radius 3 is 2.52 bits per heavy atom. The number of hydrogen-bond acceptors (Lipinski definition) is 5. The molecule has 0 bridgehead atoms. The Morgan fingerprint density at radius 2 is 1.86 bits per heavy atom. The van der Waals surface area contributed by atoms with Crippen molar-refractivity contribution < 1.29 is 19.1 Å². The number of hydrogen-bond donors (Lipinski definition) is 1. The smallest absolute Gasteiger partial charge is 0.262 e. The van der Waals surface area contributed by atoms with E-state index in [4.69, 9.17) is 9.47 Å². The molecule has 3 rings (SSSR count). The first-order chi connectivity index (χ1) is 14.2. The molecule has 1 aromatic carbocycles. The van der Waals surface area contributed by atoms with Crippen LogP contribution in [0.4, 0.5) is 0 Å². The lowest BCUT2D eigenvalue weighted by molar-refractivity contribution is -0.137. The van der Waals surface area contributed by atoms with Crippen molar-refractivity contribution in [1.29, 1.82) is 5.26 Å². The molecule has 1 N–H and O–H groups in total. The number of ether oxygens (including phenoxy) is 2. The zero-order valence-corrected chi connectivity index (χ0v) is 16.6. The molecule has 1 aromatic rings. The average Bonchev–Trinajstić information content (AvgIpc) is 2.77. The van der Waals surface area contributed by atoms with Crippen molar-refractivity contribution in [3.8, 4) is 11.8 Å². The molecule has 0 unspecified atom stereocenters. The molecule has 7 heteroatoms. The predicted molar refractivity (Wildman–Crippen MR) is 108 cm³/mol. The van der Waals surface area contributed by atoms with Gasteiger partial charge < -0.3 is 19.7 Å². The summed E-state index contributed by atoms with van der Waals surface area (Å²) in [6.07, 6.45) is 6.96. The largest absolute Gasteiger partial charge is 0.484 e. The third-order valence-electron chi connectivity index (χ3n) is 5.22. The fourth-order valence-electron chi connectivity index (χ4n) is 3.53. The minimum atomic E-state index is -0.323. The highest BCUT2D eigenvalue weighted by Gasteiger charge is 2.19. The van der Waals surface area contributed by atoms with Gasteiger partial charge in [0.05, 0.1) is 13.2 Å². The monoisotopic (exact) mass is 397 g/mol. The second-order valence-corrected chi connectivity index (χ2v) is 7.33. The van der Waals surface area contributed by atoms with Gasteiger partial charge in [0.25, 0.3) is 11.8 Å². The van der Waals surface area contributed by atoms with E-state index in [0.29, 0.717) is 32.1 Å². The van der Waals surface area contributed by atoms with Gasteiger partial charge in [0.15, 0.2) is 6.61 Å². The maximum absolute atomic E-state index is 12.4. The number of amides is 2. The number of nitriles is 1. The highest BCUT2D eigenvalue weighted by molar-refractivity contribution is 6.01. The van der Waals surface area contributed by atoms with Crippen molar-refractivity contribution in [3.05, 3.63) is 35.4 Å². The van der Waals surface area contributed by atoms with E-state index in [-0.39, 0.29) is 30.0 Å². The van der Waals surface area contributed by atoms with Gasteiger partial charge in [0, 0.05) is 19.1 Å². The van der Waals surface area contributed by atoms with E-state index < -0.39 is 0 Å². The summed E-state index contributed by atoms with van der Waals surface area (Å²) in [6, 6.07) is 9.13. The number of carbonyl (C=O) groups excluding carboxylic acids is 2. The number of carbonyl (C=O) groups is 2. The molecule has 7 nitrogen and oxygen atoms in total. The van der Waals surface area contributed by atoms with Crippen LogP contribution in [0.2, 0.25) is 0 Å².